The number of amides is 2. The normalized spacial score (nSPS) is 15.6. The highest BCUT2D eigenvalue weighted by atomic mass is 19.1. The number of carbonyl (C=O) groups excluding carboxylic acids is 1. The van der Waals surface area contributed by atoms with Crippen molar-refractivity contribution in [1.82, 2.24) is 9.80 Å². The molecule has 4 nitrogen and oxygen atoms in total. The molecule has 0 spiro atoms. The van der Waals surface area contributed by atoms with E-state index in [2.05, 4.69) is 37.9 Å². The molecule has 0 radical (unpaired) electrons. The van der Waals surface area contributed by atoms with Crippen molar-refractivity contribution in [3.63, 3.8) is 0 Å². The summed E-state index contributed by atoms with van der Waals surface area (Å²) in [5, 5.41) is 2.53. The highest BCUT2D eigenvalue weighted by Gasteiger charge is 2.36. The Kier molecular flexibility index (Phi) is 5.01. The number of nitrogens with one attached hydrogen (secondary N) is 1. The van der Waals surface area contributed by atoms with Crippen LogP contribution < -0.4 is 5.32 Å². The van der Waals surface area contributed by atoms with E-state index in [1.54, 1.807) is 4.90 Å². The summed E-state index contributed by atoms with van der Waals surface area (Å²) in [6, 6.07) is 3.81. The largest absolute Gasteiger partial charge is 0.321 e. The van der Waals surface area contributed by atoms with Gasteiger partial charge in [-0.1, -0.05) is 0 Å². The average molecular weight is 311 g/mol. The number of halogens is 2. The molecule has 2 rings (SSSR count). The zero-order valence-corrected chi connectivity index (χ0v) is 13.4. The molecule has 1 aliphatic heterocycles. The van der Waals surface area contributed by atoms with Gasteiger partial charge >= 0.3 is 6.03 Å². The summed E-state index contributed by atoms with van der Waals surface area (Å²) in [7, 11) is 0. The van der Waals surface area contributed by atoms with Gasteiger partial charge in [0.05, 0.1) is 0 Å². The van der Waals surface area contributed by atoms with Gasteiger partial charge in [-0.05, 0) is 39.8 Å². The lowest BCUT2D eigenvalue weighted by Crippen LogP contribution is -2.64. The highest BCUT2D eigenvalue weighted by Crippen LogP contribution is 2.21. The predicted molar refractivity (Wildman–Crippen MR) is 82.8 cm³/mol. The van der Waals surface area contributed by atoms with Gasteiger partial charge in [0.15, 0.2) is 0 Å². The molecular formula is C16H23F2N3O. The van der Waals surface area contributed by atoms with E-state index in [1.165, 1.54) is 0 Å². The SMILES string of the molecule is CC(C)N(C(C)C)C1CN(C(=O)Nc2cc(F)cc(F)c2)C1. The monoisotopic (exact) mass is 311 g/mol. The zero-order chi connectivity index (χ0) is 16.4. The first-order valence-electron chi connectivity index (χ1n) is 7.57. The molecule has 1 aliphatic rings. The summed E-state index contributed by atoms with van der Waals surface area (Å²) in [6.07, 6.45) is 0. The molecule has 1 heterocycles. The van der Waals surface area contributed by atoms with Crippen LogP contribution in [-0.2, 0) is 0 Å². The number of benzene rings is 1. The van der Waals surface area contributed by atoms with Crippen LogP contribution in [0.25, 0.3) is 0 Å². The Bertz CT molecular complexity index is 514. The lowest BCUT2D eigenvalue weighted by molar-refractivity contribution is 0.0202. The molecule has 0 aromatic heterocycles. The van der Waals surface area contributed by atoms with Crippen molar-refractivity contribution in [3.8, 4) is 0 Å². The van der Waals surface area contributed by atoms with Crippen LogP contribution in [0.1, 0.15) is 27.7 Å². The number of carbonyl (C=O) groups is 1. The maximum Gasteiger partial charge on any atom is 0.321 e. The fourth-order valence-corrected chi connectivity index (χ4v) is 3.08. The van der Waals surface area contributed by atoms with Crippen molar-refractivity contribution in [2.75, 3.05) is 18.4 Å². The zero-order valence-electron chi connectivity index (χ0n) is 13.4. The Labute approximate surface area is 130 Å². The maximum absolute atomic E-state index is 13.1. The van der Waals surface area contributed by atoms with Crippen molar-refractivity contribution in [2.45, 2.75) is 45.8 Å². The van der Waals surface area contributed by atoms with E-state index >= 15 is 0 Å². The van der Waals surface area contributed by atoms with E-state index in [9.17, 15) is 13.6 Å². The van der Waals surface area contributed by atoms with Crippen LogP contribution in [0, 0.1) is 11.6 Å². The molecule has 0 saturated carbocycles. The minimum absolute atomic E-state index is 0.135. The van der Waals surface area contributed by atoms with E-state index in [0.717, 1.165) is 18.2 Å². The number of hydrogen-bond donors (Lipinski definition) is 1. The first-order chi connectivity index (χ1) is 10.3. The Morgan fingerprint density at radius 1 is 1.14 bits per heavy atom. The predicted octanol–water partition coefficient (Wildman–Crippen LogP) is 3.30. The van der Waals surface area contributed by atoms with Crippen molar-refractivity contribution >= 4 is 11.7 Å². The minimum atomic E-state index is -0.706. The molecule has 1 N–H and O–H groups in total. The highest BCUT2D eigenvalue weighted by molar-refractivity contribution is 5.89. The molecule has 1 aromatic rings. The van der Waals surface area contributed by atoms with Gasteiger partial charge in [0.2, 0.25) is 0 Å². The minimum Gasteiger partial charge on any atom is -0.321 e. The molecule has 0 unspecified atom stereocenters. The number of rotatable bonds is 4. The molecule has 1 saturated heterocycles. The topological polar surface area (TPSA) is 35.6 Å². The van der Waals surface area contributed by atoms with Crippen LogP contribution in [0.3, 0.4) is 0 Å². The summed E-state index contributed by atoms with van der Waals surface area (Å²) in [5.74, 6) is -1.41. The van der Waals surface area contributed by atoms with Crippen molar-refractivity contribution in [3.05, 3.63) is 29.8 Å². The molecular weight excluding hydrogens is 288 g/mol. The Morgan fingerprint density at radius 3 is 2.09 bits per heavy atom. The van der Waals surface area contributed by atoms with E-state index < -0.39 is 11.6 Å². The second-order valence-electron chi connectivity index (χ2n) is 6.28. The maximum atomic E-state index is 13.1. The number of nitrogens with zero attached hydrogens (tertiary/aromatic N) is 2. The molecule has 122 valence electrons. The summed E-state index contributed by atoms with van der Waals surface area (Å²) >= 11 is 0. The van der Waals surface area contributed by atoms with E-state index in [-0.39, 0.29) is 11.7 Å². The molecule has 1 aromatic carbocycles. The second-order valence-corrected chi connectivity index (χ2v) is 6.28. The number of urea groups is 1. The first-order valence-corrected chi connectivity index (χ1v) is 7.57. The number of likely N-dealkylation sites (tertiary alicyclic amines) is 1. The third-order valence-electron chi connectivity index (χ3n) is 3.88. The summed E-state index contributed by atoms with van der Waals surface area (Å²) < 4.78 is 26.2. The summed E-state index contributed by atoms with van der Waals surface area (Å²) in [6.45, 7) is 9.80. The molecule has 6 heteroatoms. The second kappa shape index (κ2) is 6.60. The van der Waals surface area contributed by atoms with Crippen molar-refractivity contribution < 1.29 is 13.6 Å². The quantitative estimate of drug-likeness (QED) is 0.926. The van der Waals surface area contributed by atoms with Gasteiger partial charge < -0.3 is 10.2 Å². The molecule has 2 amide bonds. The lowest BCUT2D eigenvalue weighted by Gasteiger charge is -2.48. The summed E-state index contributed by atoms with van der Waals surface area (Å²) in [5.41, 5.74) is 0.135. The summed E-state index contributed by atoms with van der Waals surface area (Å²) in [4.78, 5) is 16.1. The number of anilines is 1. The lowest BCUT2D eigenvalue weighted by atomic mass is 10.0. The average Bonchev–Trinajstić information content (AvgIpc) is 2.29. The molecule has 22 heavy (non-hydrogen) atoms. The van der Waals surface area contributed by atoms with Crippen LogP contribution in [-0.4, -0.2) is 47.0 Å². The van der Waals surface area contributed by atoms with Gasteiger partial charge in [0.1, 0.15) is 11.6 Å². The van der Waals surface area contributed by atoms with Gasteiger partial charge in [-0.15, -0.1) is 0 Å². The van der Waals surface area contributed by atoms with E-state index in [1.807, 2.05) is 0 Å². The van der Waals surface area contributed by atoms with Crippen LogP contribution >= 0.6 is 0 Å². The van der Waals surface area contributed by atoms with Gasteiger partial charge in [-0.3, -0.25) is 4.90 Å². The smallest absolute Gasteiger partial charge is 0.321 e. The standard InChI is InChI=1S/C16H23F2N3O/c1-10(2)21(11(3)4)15-8-20(9-15)16(22)19-14-6-12(17)5-13(18)7-14/h5-7,10-11,15H,8-9H2,1-4H3,(H,19,22). The van der Waals surface area contributed by atoms with Gasteiger partial charge in [-0.2, -0.15) is 0 Å². The van der Waals surface area contributed by atoms with Gasteiger partial charge in [0.25, 0.3) is 0 Å². The van der Waals surface area contributed by atoms with E-state index in [4.69, 9.17) is 0 Å². The fourth-order valence-electron chi connectivity index (χ4n) is 3.08. The van der Waals surface area contributed by atoms with Crippen LogP contribution in [0.5, 0.6) is 0 Å². The van der Waals surface area contributed by atoms with E-state index in [0.29, 0.717) is 31.2 Å². The third kappa shape index (κ3) is 3.74. The number of hydrogen-bond acceptors (Lipinski definition) is 2. The molecule has 0 aliphatic carbocycles. The first kappa shape index (κ1) is 16.7. The van der Waals surface area contributed by atoms with Crippen LogP contribution in [0.2, 0.25) is 0 Å². The fraction of sp³-hybridized carbons (Fsp3) is 0.562. The van der Waals surface area contributed by atoms with Gasteiger partial charge in [0, 0.05) is 43.0 Å². The van der Waals surface area contributed by atoms with Crippen LogP contribution in [0.4, 0.5) is 19.3 Å². The molecule has 0 bridgehead atoms. The van der Waals surface area contributed by atoms with Crippen molar-refractivity contribution in [1.29, 1.82) is 0 Å². The third-order valence-corrected chi connectivity index (χ3v) is 3.88. The van der Waals surface area contributed by atoms with Gasteiger partial charge in [-0.25, -0.2) is 13.6 Å². The van der Waals surface area contributed by atoms with Crippen LogP contribution in [0.15, 0.2) is 18.2 Å². The van der Waals surface area contributed by atoms with Crippen molar-refractivity contribution in [2.24, 2.45) is 0 Å². The molecule has 1 fully saturated rings. The Morgan fingerprint density at radius 2 is 1.64 bits per heavy atom. The molecule has 0 atom stereocenters. The Balaban J connectivity index is 1.91. The Hall–Kier alpha value is -1.69.